The average molecular weight is 397 g/mol. The third-order valence-electron chi connectivity index (χ3n) is 4.25. The van der Waals surface area contributed by atoms with Crippen LogP contribution in [-0.4, -0.2) is 38.8 Å². The lowest BCUT2D eigenvalue weighted by Gasteiger charge is -2.16. The van der Waals surface area contributed by atoms with E-state index in [0.717, 1.165) is 23.5 Å². The molecule has 1 amide bonds. The highest BCUT2D eigenvalue weighted by atomic mass is 32.2. The van der Waals surface area contributed by atoms with E-state index in [4.69, 9.17) is 4.42 Å². The largest absolute Gasteiger partial charge is 0.462 e. The van der Waals surface area contributed by atoms with Crippen molar-refractivity contribution < 1.29 is 9.21 Å². The predicted octanol–water partition coefficient (Wildman–Crippen LogP) is 4.19. The molecule has 0 radical (unpaired) electrons. The Morgan fingerprint density at radius 1 is 1.18 bits per heavy atom. The number of H-pyrrole nitrogens is 1. The van der Waals surface area contributed by atoms with Crippen molar-refractivity contribution in [2.24, 2.45) is 0 Å². The first-order valence-corrected chi connectivity index (χ1v) is 10.1. The van der Waals surface area contributed by atoms with Gasteiger partial charge in [-0.15, -0.1) is 5.10 Å². The Hall–Kier alpha value is -2.80. The van der Waals surface area contributed by atoms with E-state index in [-0.39, 0.29) is 5.91 Å². The summed E-state index contributed by atoms with van der Waals surface area (Å²) in [6.07, 6.45) is 4.63. The number of rotatable bonds is 8. The molecule has 28 heavy (non-hydrogen) atoms. The van der Waals surface area contributed by atoms with Crippen LogP contribution in [0.4, 0.5) is 0 Å². The van der Waals surface area contributed by atoms with Crippen molar-refractivity contribution in [3.63, 3.8) is 0 Å². The van der Waals surface area contributed by atoms with E-state index >= 15 is 0 Å². The quantitative estimate of drug-likeness (QED) is 0.578. The van der Waals surface area contributed by atoms with Gasteiger partial charge in [0.05, 0.1) is 5.75 Å². The van der Waals surface area contributed by atoms with Gasteiger partial charge in [-0.1, -0.05) is 43.0 Å². The maximum absolute atomic E-state index is 12.4. The van der Waals surface area contributed by atoms with Crippen molar-refractivity contribution >= 4 is 29.8 Å². The van der Waals surface area contributed by atoms with Gasteiger partial charge in [0.15, 0.2) is 0 Å². The van der Waals surface area contributed by atoms with Crippen molar-refractivity contribution in [1.82, 2.24) is 20.1 Å². The summed E-state index contributed by atoms with van der Waals surface area (Å²) in [6, 6.07) is 12.2. The Labute approximate surface area is 169 Å². The Bertz CT molecular complexity index is 943. The molecule has 3 rings (SSSR count). The van der Waals surface area contributed by atoms with Crippen LogP contribution in [0.5, 0.6) is 0 Å². The molecule has 2 heterocycles. The molecule has 0 spiro atoms. The maximum atomic E-state index is 12.4. The number of aromatic nitrogens is 3. The fourth-order valence-electron chi connectivity index (χ4n) is 2.58. The molecule has 7 heteroatoms. The third-order valence-corrected chi connectivity index (χ3v) is 5.08. The number of thioether (sulfide) groups is 1. The van der Waals surface area contributed by atoms with Crippen LogP contribution in [0.15, 0.2) is 46.0 Å². The summed E-state index contributed by atoms with van der Waals surface area (Å²) in [5.74, 6) is 2.57. The smallest absolute Gasteiger partial charge is 0.233 e. The highest BCUT2D eigenvalue weighted by Gasteiger charge is 2.12. The fraction of sp³-hybridized carbons (Fsp3) is 0.286. The highest BCUT2D eigenvalue weighted by molar-refractivity contribution is 7.99. The van der Waals surface area contributed by atoms with Crippen LogP contribution in [0.1, 0.15) is 35.4 Å². The van der Waals surface area contributed by atoms with Gasteiger partial charge in [-0.3, -0.25) is 9.89 Å². The molecule has 1 aromatic carbocycles. The number of amides is 1. The zero-order valence-electron chi connectivity index (χ0n) is 16.3. The van der Waals surface area contributed by atoms with Crippen LogP contribution in [-0.2, 0) is 17.8 Å². The molecule has 0 aliphatic heterocycles. The third kappa shape index (κ3) is 5.60. The number of nitrogens with zero attached hydrogens (tertiary/aromatic N) is 3. The number of aryl methyl sites for hydroxylation is 2. The number of carbonyl (C=O) groups is 1. The highest BCUT2D eigenvalue weighted by Crippen LogP contribution is 2.16. The van der Waals surface area contributed by atoms with Gasteiger partial charge in [0, 0.05) is 13.6 Å². The van der Waals surface area contributed by atoms with Crippen LogP contribution in [0.3, 0.4) is 0 Å². The molecule has 1 N–H and O–H groups in total. The van der Waals surface area contributed by atoms with Crippen molar-refractivity contribution in [1.29, 1.82) is 0 Å². The summed E-state index contributed by atoms with van der Waals surface area (Å²) in [5, 5.41) is 7.54. The van der Waals surface area contributed by atoms with E-state index in [2.05, 4.69) is 46.4 Å². The number of furan rings is 1. The van der Waals surface area contributed by atoms with Crippen molar-refractivity contribution in [2.75, 3.05) is 12.8 Å². The van der Waals surface area contributed by atoms with Crippen molar-refractivity contribution in [2.45, 2.75) is 32.0 Å². The maximum Gasteiger partial charge on any atom is 0.233 e. The van der Waals surface area contributed by atoms with E-state index in [1.807, 2.05) is 32.2 Å². The van der Waals surface area contributed by atoms with E-state index in [1.165, 1.54) is 17.3 Å². The molecule has 2 aromatic heterocycles. The minimum Gasteiger partial charge on any atom is -0.462 e. The normalized spacial score (nSPS) is 11.2. The van der Waals surface area contributed by atoms with Gasteiger partial charge in [-0.05, 0) is 48.8 Å². The van der Waals surface area contributed by atoms with E-state index in [0.29, 0.717) is 23.3 Å². The van der Waals surface area contributed by atoms with Crippen LogP contribution in [0.25, 0.3) is 12.2 Å². The number of nitrogens with one attached hydrogen (secondary N) is 1. The summed E-state index contributed by atoms with van der Waals surface area (Å²) in [5.41, 5.74) is 2.42. The number of hydrogen-bond acceptors (Lipinski definition) is 5. The second-order valence-corrected chi connectivity index (χ2v) is 7.44. The summed E-state index contributed by atoms with van der Waals surface area (Å²) in [6.45, 7) is 4.62. The summed E-state index contributed by atoms with van der Waals surface area (Å²) in [4.78, 5) is 18.5. The van der Waals surface area contributed by atoms with Crippen LogP contribution < -0.4 is 0 Å². The molecule has 0 aliphatic rings. The van der Waals surface area contributed by atoms with Gasteiger partial charge in [0.2, 0.25) is 11.1 Å². The van der Waals surface area contributed by atoms with Crippen LogP contribution in [0.2, 0.25) is 0 Å². The molecule has 0 unspecified atom stereocenters. The summed E-state index contributed by atoms with van der Waals surface area (Å²) >= 11 is 1.32. The molecule has 146 valence electrons. The Morgan fingerprint density at radius 3 is 2.61 bits per heavy atom. The van der Waals surface area contributed by atoms with Crippen LogP contribution in [0, 0.1) is 6.92 Å². The lowest BCUT2D eigenvalue weighted by Crippen LogP contribution is -2.27. The minimum atomic E-state index is 0.0394. The number of aromatic amines is 1. The second-order valence-electron chi connectivity index (χ2n) is 6.49. The standard InChI is InChI=1S/C21H24N4O2S/c1-4-16-6-8-17(9-7-16)13-25(3)20(26)14-28-21-22-19(23-24-21)12-11-18-10-5-15(2)27-18/h5-12H,4,13-14H2,1-3H3,(H,22,23,24)/b12-11+. The molecule has 0 fully saturated rings. The molecular formula is C21H24N4O2S. The van der Waals surface area contributed by atoms with Gasteiger partial charge in [-0.25, -0.2) is 4.98 Å². The summed E-state index contributed by atoms with van der Waals surface area (Å²) in [7, 11) is 1.81. The monoisotopic (exact) mass is 396 g/mol. The second kappa shape index (κ2) is 9.41. The average Bonchev–Trinajstić information content (AvgIpc) is 3.33. The molecule has 0 atom stereocenters. The van der Waals surface area contributed by atoms with Gasteiger partial charge < -0.3 is 9.32 Å². The lowest BCUT2D eigenvalue weighted by molar-refractivity contribution is -0.127. The van der Waals surface area contributed by atoms with E-state index < -0.39 is 0 Å². The zero-order chi connectivity index (χ0) is 19.9. The fourth-order valence-corrected chi connectivity index (χ4v) is 3.33. The number of benzene rings is 1. The molecule has 6 nitrogen and oxygen atoms in total. The summed E-state index contributed by atoms with van der Waals surface area (Å²) < 4.78 is 5.47. The first-order chi connectivity index (χ1) is 13.5. The molecule has 0 bridgehead atoms. The number of carbonyl (C=O) groups excluding carboxylic acids is 1. The molecule has 0 saturated heterocycles. The van der Waals surface area contributed by atoms with Crippen molar-refractivity contribution in [3.8, 4) is 0 Å². The van der Waals surface area contributed by atoms with E-state index in [1.54, 1.807) is 11.0 Å². The lowest BCUT2D eigenvalue weighted by atomic mass is 10.1. The van der Waals surface area contributed by atoms with Crippen molar-refractivity contribution in [3.05, 3.63) is 64.9 Å². The van der Waals surface area contributed by atoms with Gasteiger partial charge >= 0.3 is 0 Å². The van der Waals surface area contributed by atoms with Crippen LogP contribution >= 0.6 is 11.8 Å². The van der Waals surface area contributed by atoms with Gasteiger partial charge in [0.25, 0.3) is 0 Å². The first kappa shape index (κ1) is 19.9. The molecule has 3 aromatic rings. The predicted molar refractivity (Wildman–Crippen MR) is 112 cm³/mol. The number of hydrogen-bond donors (Lipinski definition) is 1. The Morgan fingerprint density at radius 2 is 1.93 bits per heavy atom. The van der Waals surface area contributed by atoms with Gasteiger partial charge in [-0.2, -0.15) is 0 Å². The first-order valence-electron chi connectivity index (χ1n) is 9.15. The Kier molecular flexibility index (Phi) is 6.71. The molecule has 0 saturated carbocycles. The van der Waals surface area contributed by atoms with E-state index in [9.17, 15) is 4.79 Å². The topological polar surface area (TPSA) is 75.0 Å². The molecular weight excluding hydrogens is 372 g/mol. The molecule has 0 aliphatic carbocycles. The van der Waals surface area contributed by atoms with Gasteiger partial charge in [0.1, 0.15) is 17.3 Å². The Balaban J connectivity index is 1.48. The minimum absolute atomic E-state index is 0.0394. The SMILES string of the molecule is CCc1ccc(CN(C)C(=O)CSc2n[nH]c(/C=C/c3ccc(C)o3)n2)cc1. The zero-order valence-corrected chi connectivity index (χ0v) is 17.1.